The van der Waals surface area contributed by atoms with Gasteiger partial charge in [0.05, 0.1) is 7.11 Å². The van der Waals surface area contributed by atoms with Crippen molar-refractivity contribution in [2.24, 2.45) is 0 Å². The Hall–Kier alpha value is -2.62. The van der Waals surface area contributed by atoms with E-state index in [1.807, 2.05) is 38.1 Å². The van der Waals surface area contributed by atoms with Gasteiger partial charge >= 0.3 is 0 Å². The molecule has 0 heterocycles. The van der Waals surface area contributed by atoms with E-state index >= 15 is 0 Å². The molecule has 0 saturated heterocycles. The van der Waals surface area contributed by atoms with Crippen LogP contribution in [0.5, 0.6) is 5.75 Å². The minimum atomic E-state index is -0.0532. The van der Waals surface area contributed by atoms with E-state index in [1.54, 1.807) is 36.3 Å². The molecule has 24 heavy (non-hydrogen) atoms. The molecule has 0 radical (unpaired) electrons. The number of rotatable bonds is 7. The minimum absolute atomic E-state index is 0.0423. The predicted molar refractivity (Wildman–Crippen MR) is 95.8 cm³/mol. The van der Waals surface area contributed by atoms with Crippen LogP contribution in [0.2, 0.25) is 0 Å². The third kappa shape index (κ3) is 4.44. The number of ketones is 1. The van der Waals surface area contributed by atoms with Crippen LogP contribution in [0.25, 0.3) is 0 Å². The zero-order chi connectivity index (χ0) is 17.5. The number of nitrogens with zero attached hydrogens (tertiary/aromatic N) is 1. The Kier molecular flexibility index (Phi) is 6.13. The van der Waals surface area contributed by atoms with Crippen molar-refractivity contribution in [3.8, 4) is 5.75 Å². The number of Topliss-reactive ketones (excluding diaryl/α,β-unsaturated/α-hetero) is 1. The smallest absolute Gasteiger partial charge is 0.227 e. The van der Waals surface area contributed by atoms with Gasteiger partial charge < -0.3 is 9.64 Å². The summed E-state index contributed by atoms with van der Waals surface area (Å²) in [6.07, 6.45) is 0.381. The molecule has 0 N–H and O–H groups in total. The maximum atomic E-state index is 12.5. The van der Waals surface area contributed by atoms with Crippen LogP contribution >= 0.6 is 0 Å². The lowest BCUT2D eigenvalue weighted by Crippen LogP contribution is -2.30. The fourth-order valence-electron chi connectivity index (χ4n) is 2.60. The second-order valence-electron chi connectivity index (χ2n) is 5.63. The molecule has 126 valence electrons. The average molecular weight is 325 g/mol. The van der Waals surface area contributed by atoms with Gasteiger partial charge in [-0.15, -0.1) is 0 Å². The Morgan fingerprint density at radius 3 is 2.46 bits per heavy atom. The number of carbonyl (C=O) groups excluding carboxylic acids is 2. The first kappa shape index (κ1) is 17.7. The van der Waals surface area contributed by atoms with Gasteiger partial charge in [0.15, 0.2) is 5.78 Å². The van der Waals surface area contributed by atoms with Gasteiger partial charge in [0.2, 0.25) is 5.91 Å². The monoisotopic (exact) mass is 325 g/mol. The summed E-state index contributed by atoms with van der Waals surface area (Å²) in [5.41, 5.74) is 2.54. The first-order valence-corrected chi connectivity index (χ1v) is 8.09. The van der Waals surface area contributed by atoms with Gasteiger partial charge in [-0.2, -0.15) is 0 Å². The van der Waals surface area contributed by atoms with Crippen LogP contribution in [0.4, 0.5) is 5.69 Å². The first-order valence-electron chi connectivity index (χ1n) is 8.09. The van der Waals surface area contributed by atoms with Crippen molar-refractivity contribution in [3.63, 3.8) is 0 Å². The number of methoxy groups -OCH3 is 1. The van der Waals surface area contributed by atoms with E-state index in [9.17, 15) is 9.59 Å². The van der Waals surface area contributed by atoms with Crippen molar-refractivity contribution in [1.29, 1.82) is 0 Å². The van der Waals surface area contributed by atoms with Crippen LogP contribution in [0.15, 0.2) is 48.5 Å². The number of aryl methyl sites for hydroxylation is 1. The zero-order valence-electron chi connectivity index (χ0n) is 14.4. The lowest BCUT2D eigenvalue weighted by Gasteiger charge is -2.21. The molecular formula is C20H23NO3. The van der Waals surface area contributed by atoms with E-state index in [2.05, 4.69) is 0 Å². The fraction of sp³-hybridized carbons (Fsp3) is 0.300. The van der Waals surface area contributed by atoms with Gasteiger partial charge in [-0.25, -0.2) is 0 Å². The van der Waals surface area contributed by atoms with E-state index in [0.717, 1.165) is 11.3 Å². The van der Waals surface area contributed by atoms with Gasteiger partial charge in [0.1, 0.15) is 5.75 Å². The number of hydrogen-bond donors (Lipinski definition) is 0. The number of amides is 1. The SMILES string of the molecule is CCN(C(=O)CCC(=O)c1cccc(OC)c1)c1cccc(C)c1. The Morgan fingerprint density at radius 2 is 1.79 bits per heavy atom. The van der Waals surface area contributed by atoms with Crippen molar-refractivity contribution in [2.75, 3.05) is 18.6 Å². The first-order chi connectivity index (χ1) is 11.5. The highest BCUT2D eigenvalue weighted by Crippen LogP contribution is 2.19. The Labute approximate surface area is 143 Å². The van der Waals surface area contributed by atoms with E-state index in [1.165, 1.54) is 0 Å². The quantitative estimate of drug-likeness (QED) is 0.722. The van der Waals surface area contributed by atoms with Gasteiger partial charge in [-0.05, 0) is 43.7 Å². The zero-order valence-corrected chi connectivity index (χ0v) is 14.4. The molecule has 0 fully saturated rings. The molecular weight excluding hydrogens is 302 g/mol. The molecule has 0 aliphatic carbocycles. The van der Waals surface area contributed by atoms with E-state index in [0.29, 0.717) is 17.9 Å². The highest BCUT2D eigenvalue weighted by Gasteiger charge is 2.16. The summed E-state index contributed by atoms with van der Waals surface area (Å²) < 4.78 is 5.13. The molecule has 2 aromatic rings. The standard InChI is InChI=1S/C20H23NO3/c1-4-21(17-9-5-7-15(2)13-17)20(23)12-11-19(22)16-8-6-10-18(14-16)24-3/h5-10,13-14H,4,11-12H2,1-3H3. The van der Waals surface area contributed by atoms with E-state index in [-0.39, 0.29) is 24.5 Å². The van der Waals surface area contributed by atoms with Crippen LogP contribution in [0.3, 0.4) is 0 Å². The van der Waals surface area contributed by atoms with Gasteiger partial charge in [0.25, 0.3) is 0 Å². The molecule has 0 aliphatic heterocycles. The summed E-state index contributed by atoms with van der Waals surface area (Å²) in [7, 11) is 1.56. The Morgan fingerprint density at radius 1 is 1.04 bits per heavy atom. The normalized spacial score (nSPS) is 10.3. The average Bonchev–Trinajstić information content (AvgIpc) is 2.60. The van der Waals surface area contributed by atoms with Gasteiger partial charge in [-0.1, -0.05) is 24.3 Å². The molecule has 0 aromatic heterocycles. The summed E-state index contributed by atoms with van der Waals surface area (Å²) in [4.78, 5) is 26.5. The second kappa shape index (κ2) is 8.29. The second-order valence-corrected chi connectivity index (χ2v) is 5.63. The van der Waals surface area contributed by atoms with Crippen molar-refractivity contribution in [3.05, 3.63) is 59.7 Å². The molecule has 0 bridgehead atoms. The topological polar surface area (TPSA) is 46.6 Å². The molecule has 0 atom stereocenters. The summed E-state index contributed by atoms with van der Waals surface area (Å²) in [6, 6.07) is 14.8. The minimum Gasteiger partial charge on any atom is -0.497 e. The van der Waals surface area contributed by atoms with Crippen molar-refractivity contribution in [1.82, 2.24) is 0 Å². The number of carbonyl (C=O) groups is 2. The highest BCUT2D eigenvalue weighted by molar-refractivity contribution is 6.01. The molecule has 4 heteroatoms. The predicted octanol–water partition coefficient (Wildman–Crippen LogP) is 4.02. The highest BCUT2D eigenvalue weighted by atomic mass is 16.5. The molecule has 1 amide bonds. The third-order valence-corrected chi connectivity index (χ3v) is 3.89. The fourth-order valence-corrected chi connectivity index (χ4v) is 2.60. The summed E-state index contributed by atoms with van der Waals surface area (Å²) in [5.74, 6) is 0.545. The van der Waals surface area contributed by atoms with Crippen LogP contribution < -0.4 is 9.64 Å². The van der Waals surface area contributed by atoms with Crippen LogP contribution in [0.1, 0.15) is 35.7 Å². The molecule has 0 unspecified atom stereocenters. The molecule has 2 rings (SSSR count). The molecule has 2 aromatic carbocycles. The molecule has 0 saturated carbocycles. The Balaban J connectivity index is 2.01. The van der Waals surface area contributed by atoms with Crippen molar-refractivity contribution >= 4 is 17.4 Å². The van der Waals surface area contributed by atoms with E-state index < -0.39 is 0 Å². The number of ether oxygens (including phenoxy) is 1. The van der Waals surface area contributed by atoms with Crippen LogP contribution in [-0.4, -0.2) is 25.3 Å². The largest absolute Gasteiger partial charge is 0.497 e. The maximum absolute atomic E-state index is 12.5. The summed E-state index contributed by atoms with van der Waals surface area (Å²) in [6.45, 7) is 4.51. The number of benzene rings is 2. The molecule has 4 nitrogen and oxygen atoms in total. The number of hydrogen-bond acceptors (Lipinski definition) is 3. The lowest BCUT2D eigenvalue weighted by atomic mass is 10.1. The maximum Gasteiger partial charge on any atom is 0.227 e. The Bertz CT molecular complexity index is 724. The van der Waals surface area contributed by atoms with Crippen molar-refractivity contribution < 1.29 is 14.3 Å². The number of anilines is 1. The van der Waals surface area contributed by atoms with Gasteiger partial charge in [0, 0.05) is 30.6 Å². The van der Waals surface area contributed by atoms with Gasteiger partial charge in [-0.3, -0.25) is 9.59 Å². The van der Waals surface area contributed by atoms with Crippen LogP contribution in [-0.2, 0) is 4.79 Å². The molecule has 0 spiro atoms. The van der Waals surface area contributed by atoms with Crippen LogP contribution in [0, 0.1) is 6.92 Å². The summed E-state index contributed by atoms with van der Waals surface area (Å²) in [5, 5.41) is 0. The van der Waals surface area contributed by atoms with E-state index in [4.69, 9.17) is 4.74 Å². The lowest BCUT2D eigenvalue weighted by molar-refractivity contribution is -0.118. The third-order valence-electron chi connectivity index (χ3n) is 3.89. The summed E-state index contributed by atoms with van der Waals surface area (Å²) >= 11 is 0. The van der Waals surface area contributed by atoms with Crippen molar-refractivity contribution in [2.45, 2.75) is 26.7 Å². The molecule has 0 aliphatic rings.